The molecule has 57 heavy (non-hydrogen) atoms. The van der Waals surface area contributed by atoms with E-state index in [2.05, 4.69) is 130 Å². The monoisotopic (exact) mass is 728 g/mol. The van der Waals surface area contributed by atoms with E-state index in [4.69, 9.17) is 15.0 Å². The van der Waals surface area contributed by atoms with Crippen LogP contribution < -0.4 is 0 Å². The highest BCUT2D eigenvalue weighted by atomic mass is 15.1. The van der Waals surface area contributed by atoms with Crippen LogP contribution >= 0.6 is 0 Å². The van der Waals surface area contributed by atoms with Crippen LogP contribution in [0.1, 0.15) is 0 Å². The van der Waals surface area contributed by atoms with Crippen LogP contribution in [0.5, 0.6) is 0 Å². The van der Waals surface area contributed by atoms with E-state index >= 15 is 0 Å². The van der Waals surface area contributed by atoms with Gasteiger partial charge in [-0.15, -0.1) is 0 Å². The molecule has 0 N–H and O–H groups in total. The molecule has 11 rings (SSSR count). The molecule has 0 amide bonds. The predicted molar refractivity (Wildman–Crippen MR) is 232 cm³/mol. The third-order valence-corrected chi connectivity index (χ3v) is 10.8. The lowest BCUT2D eigenvalue weighted by molar-refractivity contribution is 1.10. The Morgan fingerprint density at radius 1 is 0.386 bits per heavy atom. The average Bonchev–Trinajstić information content (AvgIpc) is 3.70. The van der Waals surface area contributed by atoms with E-state index < -0.39 is 0 Å². The number of hydrogen-bond acceptors (Lipinski definition) is 5. The molecule has 0 aliphatic carbocycles. The summed E-state index contributed by atoms with van der Waals surface area (Å²) in [4.78, 5) is 24.4. The van der Waals surface area contributed by atoms with Gasteiger partial charge in [0, 0.05) is 58.9 Å². The van der Waals surface area contributed by atoms with Gasteiger partial charge in [-0.05, 0) is 86.3 Å². The molecule has 0 atom stereocenters. The number of fused-ring (bicyclic) bond motifs is 5. The summed E-state index contributed by atoms with van der Waals surface area (Å²) in [6, 6.07) is 57.2. The smallest absolute Gasteiger partial charge is 0.145 e. The molecule has 11 aromatic rings. The van der Waals surface area contributed by atoms with E-state index in [1.807, 2.05) is 79.5 Å². The molecule has 6 nitrogen and oxygen atoms in total. The molecule has 0 aliphatic heterocycles. The van der Waals surface area contributed by atoms with Gasteiger partial charge in [0.25, 0.3) is 0 Å². The average molecular weight is 729 g/mol. The van der Waals surface area contributed by atoms with Gasteiger partial charge in [0.15, 0.2) is 0 Å². The van der Waals surface area contributed by atoms with E-state index in [-0.39, 0.29) is 0 Å². The molecule has 0 saturated carbocycles. The van der Waals surface area contributed by atoms with E-state index in [1.165, 1.54) is 27.3 Å². The van der Waals surface area contributed by atoms with Crippen molar-refractivity contribution >= 4 is 43.6 Å². The third-order valence-electron chi connectivity index (χ3n) is 10.8. The normalized spacial score (nSPS) is 11.5. The SMILES string of the molecule is c1ccc(-c2nc3cccnc3c3nc(-c4ccc(-c5ccc6c(-c7cccnc7)c7ccccc7c(-c7cccnc7)c6c5)cc4)n(-c4ccccc4)c23)cc1. The zero-order valence-electron chi connectivity index (χ0n) is 30.7. The maximum atomic E-state index is 5.38. The second-order valence-electron chi connectivity index (χ2n) is 14.1. The highest BCUT2D eigenvalue weighted by molar-refractivity contribution is 6.22. The Balaban J connectivity index is 1.12. The fraction of sp³-hybridized carbons (Fsp3) is 0. The molecule has 5 aromatic heterocycles. The molecule has 0 bridgehead atoms. The Labute approximate surface area is 328 Å². The fourth-order valence-electron chi connectivity index (χ4n) is 8.28. The zero-order valence-corrected chi connectivity index (χ0v) is 30.7. The second-order valence-corrected chi connectivity index (χ2v) is 14.1. The van der Waals surface area contributed by atoms with Crippen molar-refractivity contribution in [3.8, 4) is 61.7 Å². The first kappa shape index (κ1) is 32.6. The van der Waals surface area contributed by atoms with Crippen molar-refractivity contribution < 1.29 is 0 Å². The van der Waals surface area contributed by atoms with Crippen molar-refractivity contribution in [2.24, 2.45) is 0 Å². The van der Waals surface area contributed by atoms with Crippen LogP contribution in [0.2, 0.25) is 0 Å². The number of pyridine rings is 4. The van der Waals surface area contributed by atoms with Gasteiger partial charge in [0.1, 0.15) is 22.4 Å². The molecule has 6 aromatic carbocycles. The summed E-state index contributed by atoms with van der Waals surface area (Å²) in [6.45, 7) is 0. The predicted octanol–water partition coefficient (Wildman–Crippen LogP) is 12.4. The number of rotatable bonds is 6. The summed E-state index contributed by atoms with van der Waals surface area (Å²) < 4.78 is 2.23. The Hall–Kier alpha value is -7.83. The van der Waals surface area contributed by atoms with Crippen LogP contribution in [0.25, 0.3) is 105 Å². The highest BCUT2D eigenvalue weighted by Crippen LogP contribution is 2.45. The standard InChI is InChI=1S/C51H32N6/c1-3-12-34(13-4-1)47-50-49(48-44(55-47)20-11-29-54-48)56-51(57(50)39-16-5-2-6-17-39)35-23-21-33(22-24-35)36-25-26-42-43(30-36)46(38-15-10-28-53-32-38)41-19-8-7-18-40(41)45(42)37-14-9-27-52-31-37/h1-32H. The quantitative estimate of drug-likeness (QED) is 0.159. The molecule has 266 valence electrons. The van der Waals surface area contributed by atoms with Gasteiger partial charge in [-0.2, -0.15) is 0 Å². The van der Waals surface area contributed by atoms with Crippen LogP contribution in [-0.4, -0.2) is 29.5 Å². The molecule has 0 spiro atoms. The zero-order chi connectivity index (χ0) is 37.7. The van der Waals surface area contributed by atoms with E-state index in [1.54, 1.807) is 0 Å². The van der Waals surface area contributed by atoms with Gasteiger partial charge in [-0.3, -0.25) is 19.5 Å². The number of hydrogen-bond donors (Lipinski definition) is 0. The number of para-hydroxylation sites is 1. The summed E-state index contributed by atoms with van der Waals surface area (Å²) in [6.07, 6.45) is 9.38. The van der Waals surface area contributed by atoms with Crippen molar-refractivity contribution in [1.82, 2.24) is 29.5 Å². The lowest BCUT2D eigenvalue weighted by Crippen LogP contribution is -2.00. The van der Waals surface area contributed by atoms with Gasteiger partial charge in [0.2, 0.25) is 0 Å². The van der Waals surface area contributed by atoms with Crippen LogP contribution in [0.4, 0.5) is 0 Å². The molecule has 0 radical (unpaired) electrons. The molecular formula is C51H32N6. The Bertz CT molecular complexity index is 3250. The lowest BCUT2D eigenvalue weighted by Gasteiger charge is -2.18. The topological polar surface area (TPSA) is 69.4 Å². The molecule has 0 fully saturated rings. The maximum Gasteiger partial charge on any atom is 0.145 e. The van der Waals surface area contributed by atoms with Crippen LogP contribution in [0.3, 0.4) is 0 Å². The van der Waals surface area contributed by atoms with E-state index in [0.29, 0.717) is 0 Å². The molecule has 0 aliphatic rings. The summed E-state index contributed by atoms with van der Waals surface area (Å²) >= 11 is 0. The summed E-state index contributed by atoms with van der Waals surface area (Å²) in [7, 11) is 0. The Kier molecular flexibility index (Phi) is 7.71. The Morgan fingerprint density at radius 3 is 1.65 bits per heavy atom. The minimum Gasteiger partial charge on any atom is -0.290 e. The summed E-state index contributed by atoms with van der Waals surface area (Å²) in [5, 5.41) is 4.69. The van der Waals surface area contributed by atoms with E-state index in [0.717, 1.165) is 78.0 Å². The third kappa shape index (κ3) is 5.46. The van der Waals surface area contributed by atoms with Crippen LogP contribution in [0.15, 0.2) is 195 Å². The second kappa shape index (κ2) is 13.5. The lowest BCUT2D eigenvalue weighted by atomic mass is 9.85. The summed E-state index contributed by atoms with van der Waals surface area (Å²) in [5.74, 6) is 0.824. The van der Waals surface area contributed by atoms with E-state index in [9.17, 15) is 0 Å². The highest BCUT2D eigenvalue weighted by Gasteiger charge is 2.23. The van der Waals surface area contributed by atoms with Gasteiger partial charge < -0.3 is 0 Å². The van der Waals surface area contributed by atoms with Gasteiger partial charge in [-0.25, -0.2) is 9.97 Å². The maximum absolute atomic E-state index is 5.38. The van der Waals surface area contributed by atoms with Crippen LogP contribution in [0, 0.1) is 0 Å². The first-order valence-corrected chi connectivity index (χ1v) is 19.0. The molecule has 5 heterocycles. The van der Waals surface area contributed by atoms with Crippen LogP contribution in [-0.2, 0) is 0 Å². The van der Waals surface area contributed by atoms with Gasteiger partial charge >= 0.3 is 0 Å². The van der Waals surface area contributed by atoms with Crippen molar-refractivity contribution in [1.29, 1.82) is 0 Å². The molecular weight excluding hydrogens is 697 g/mol. The van der Waals surface area contributed by atoms with Gasteiger partial charge in [-0.1, -0.05) is 121 Å². The first-order chi connectivity index (χ1) is 28.3. The molecule has 0 unspecified atom stereocenters. The van der Waals surface area contributed by atoms with Crippen molar-refractivity contribution in [2.75, 3.05) is 0 Å². The van der Waals surface area contributed by atoms with Crippen molar-refractivity contribution in [2.45, 2.75) is 0 Å². The largest absolute Gasteiger partial charge is 0.290 e. The number of benzene rings is 6. The van der Waals surface area contributed by atoms with Crippen molar-refractivity contribution in [3.05, 3.63) is 195 Å². The first-order valence-electron chi connectivity index (χ1n) is 19.0. The minimum absolute atomic E-state index is 0.776. The Morgan fingerprint density at radius 2 is 0.965 bits per heavy atom. The minimum atomic E-state index is 0.776. The van der Waals surface area contributed by atoms with Gasteiger partial charge in [0.05, 0.1) is 11.2 Å². The molecule has 6 heteroatoms. The number of nitrogens with zero attached hydrogens (tertiary/aromatic N) is 6. The fourth-order valence-corrected chi connectivity index (χ4v) is 8.28. The number of imidazole rings is 1. The van der Waals surface area contributed by atoms with Crippen molar-refractivity contribution in [3.63, 3.8) is 0 Å². The summed E-state index contributed by atoms with van der Waals surface area (Å²) in [5.41, 5.74) is 13.9. The number of aromatic nitrogens is 6. The molecule has 0 saturated heterocycles.